The van der Waals surface area contributed by atoms with Crippen LogP contribution >= 0.6 is 15.9 Å². The summed E-state index contributed by atoms with van der Waals surface area (Å²) in [6.07, 6.45) is 0.0949. The van der Waals surface area contributed by atoms with Gasteiger partial charge in [-0.2, -0.15) is 0 Å². The molecule has 30 heavy (non-hydrogen) atoms. The molecular weight excluding hydrogens is 457 g/mol. The van der Waals surface area contributed by atoms with Gasteiger partial charge in [0.2, 0.25) is 5.91 Å². The lowest BCUT2D eigenvalue weighted by Crippen LogP contribution is -2.50. The number of amides is 1. The van der Waals surface area contributed by atoms with E-state index in [9.17, 15) is 14.0 Å². The van der Waals surface area contributed by atoms with Gasteiger partial charge in [-0.1, -0.05) is 28.1 Å². The number of ether oxygens (including phenoxy) is 2. The fourth-order valence-corrected chi connectivity index (χ4v) is 4.20. The fourth-order valence-electron chi connectivity index (χ4n) is 3.82. The van der Waals surface area contributed by atoms with Crippen LogP contribution in [0, 0.1) is 5.82 Å². The van der Waals surface area contributed by atoms with Crippen LogP contribution in [0.3, 0.4) is 0 Å². The van der Waals surface area contributed by atoms with E-state index in [1.165, 1.54) is 19.1 Å². The highest BCUT2D eigenvalue weighted by Crippen LogP contribution is 2.46. The second kappa shape index (κ2) is 9.14. The second-order valence-corrected chi connectivity index (χ2v) is 8.60. The van der Waals surface area contributed by atoms with E-state index in [1.54, 1.807) is 24.3 Å². The predicted octanol–water partition coefficient (Wildman–Crippen LogP) is 4.54. The highest BCUT2D eigenvalue weighted by atomic mass is 79.9. The van der Waals surface area contributed by atoms with Crippen molar-refractivity contribution in [3.63, 3.8) is 0 Å². The minimum absolute atomic E-state index is 0.160. The summed E-state index contributed by atoms with van der Waals surface area (Å²) in [6.45, 7) is 2.92. The van der Waals surface area contributed by atoms with Crippen LogP contribution < -0.4 is 10.1 Å². The standard InChI is InChI=1S/C22H23BrFNO5/c1-13(26)25-22(2)10-19(14-3-6-16(24)7-4-14)30-20(11-22)17-9-15(23)5-8-18(17)29-12-21(27)28/h3-9,19-20H,10-12H2,1-2H3,(H,25,26)(H,27,28)/t19-,20+,22+/m0/s1. The maximum absolute atomic E-state index is 13.4. The zero-order valence-electron chi connectivity index (χ0n) is 16.7. The summed E-state index contributed by atoms with van der Waals surface area (Å²) in [6, 6.07) is 11.3. The fraction of sp³-hybridized carbons (Fsp3) is 0.364. The number of halogens is 2. The molecule has 0 unspecified atom stereocenters. The van der Waals surface area contributed by atoms with Crippen molar-refractivity contribution in [1.29, 1.82) is 0 Å². The molecule has 1 heterocycles. The summed E-state index contributed by atoms with van der Waals surface area (Å²) in [7, 11) is 0. The van der Waals surface area contributed by atoms with E-state index in [4.69, 9.17) is 14.6 Å². The highest BCUT2D eigenvalue weighted by molar-refractivity contribution is 9.10. The number of benzene rings is 2. The van der Waals surface area contributed by atoms with E-state index in [0.29, 0.717) is 24.2 Å². The summed E-state index contributed by atoms with van der Waals surface area (Å²) < 4.78 is 26.0. The third-order valence-corrected chi connectivity index (χ3v) is 5.48. The zero-order chi connectivity index (χ0) is 21.9. The monoisotopic (exact) mass is 479 g/mol. The third kappa shape index (κ3) is 5.58. The Kier molecular flexibility index (Phi) is 6.77. The molecule has 2 aromatic rings. The molecule has 0 radical (unpaired) electrons. The first-order chi connectivity index (χ1) is 14.1. The van der Waals surface area contributed by atoms with Gasteiger partial charge in [-0.3, -0.25) is 4.79 Å². The number of rotatable bonds is 6. The Labute approximate surface area is 182 Å². The van der Waals surface area contributed by atoms with E-state index in [-0.39, 0.29) is 11.7 Å². The van der Waals surface area contributed by atoms with Crippen molar-refractivity contribution in [1.82, 2.24) is 5.32 Å². The minimum atomic E-state index is -1.08. The van der Waals surface area contributed by atoms with Crippen molar-refractivity contribution < 1.29 is 28.6 Å². The van der Waals surface area contributed by atoms with Gasteiger partial charge in [0.05, 0.1) is 12.2 Å². The molecule has 0 aliphatic carbocycles. The van der Waals surface area contributed by atoms with Gasteiger partial charge >= 0.3 is 5.97 Å². The third-order valence-electron chi connectivity index (χ3n) is 4.99. The van der Waals surface area contributed by atoms with Gasteiger partial charge in [0.25, 0.3) is 0 Å². The Morgan fingerprint density at radius 1 is 1.23 bits per heavy atom. The SMILES string of the molecule is CC(=O)N[C@]1(C)C[C@@H](c2ccc(F)cc2)O[C@@H](c2cc(Br)ccc2OCC(=O)O)C1. The molecule has 0 bridgehead atoms. The average molecular weight is 480 g/mol. The van der Waals surface area contributed by atoms with Crippen LogP contribution in [0.4, 0.5) is 4.39 Å². The first-order valence-electron chi connectivity index (χ1n) is 9.49. The number of nitrogens with one attached hydrogen (secondary N) is 1. The number of hydrogen-bond acceptors (Lipinski definition) is 4. The van der Waals surface area contributed by atoms with E-state index >= 15 is 0 Å². The van der Waals surface area contributed by atoms with Gasteiger partial charge < -0.3 is 19.9 Å². The molecule has 6 nitrogen and oxygen atoms in total. The van der Waals surface area contributed by atoms with Crippen LogP contribution in [0.5, 0.6) is 5.75 Å². The average Bonchev–Trinajstić information content (AvgIpc) is 2.66. The van der Waals surface area contributed by atoms with Crippen LogP contribution in [-0.2, 0) is 14.3 Å². The molecule has 2 N–H and O–H groups in total. The predicted molar refractivity (Wildman–Crippen MR) is 112 cm³/mol. The molecule has 160 valence electrons. The summed E-state index contributed by atoms with van der Waals surface area (Å²) in [5, 5.41) is 12.0. The number of aliphatic carboxylic acids is 1. The van der Waals surface area contributed by atoms with E-state index in [1.807, 2.05) is 13.0 Å². The summed E-state index contributed by atoms with van der Waals surface area (Å²) in [4.78, 5) is 22.8. The molecule has 0 aromatic heterocycles. The summed E-state index contributed by atoms with van der Waals surface area (Å²) in [5.74, 6) is -1.18. The van der Waals surface area contributed by atoms with Crippen LogP contribution in [-0.4, -0.2) is 29.1 Å². The van der Waals surface area contributed by atoms with Crippen molar-refractivity contribution in [3.05, 3.63) is 63.9 Å². The van der Waals surface area contributed by atoms with Gasteiger partial charge in [0.1, 0.15) is 11.6 Å². The maximum atomic E-state index is 13.4. The minimum Gasteiger partial charge on any atom is -0.482 e. The molecule has 3 atom stereocenters. The van der Waals surface area contributed by atoms with Crippen LogP contribution in [0.1, 0.15) is 50.0 Å². The van der Waals surface area contributed by atoms with Gasteiger partial charge in [-0.05, 0) is 42.8 Å². The quantitative estimate of drug-likeness (QED) is 0.635. The van der Waals surface area contributed by atoms with Crippen molar-refractivity contribution in [2.45, 2.75) is 44.4 Å². The molecule has 8 heteroatoms. The van der Waals surface area contributed by atoms with Crippen LogP contribution in [0.15, 0.2) is 46.9 Å². The molecule has 1 amide bonds. The lowest BCUT2D eigenvalue weighted by atomic mass is 9.81. The lowest BCUT2D eigenvalue weighted by molar-refractivity contribution is -0.139. The molecule has 0 spiro atoms. The molecule has 2 aromatic carbocycles. The number of hydrogen-bond donors (Lipinski definition) is 2. The Bertz CT molecular complexity index is 936. The van der Waals surface area contributed by atoms with Crippen LogP contribution in [0.25, 0.3) is 0 Å². The molecule has 0 saturated carbocycles. The van der Waals surface area contributed by atoms with Crippen LogP contribution in [0.2, 0.25) is 0 Å². The van der Waals surface area contributed by atoms with E-state index in [0.717, 1.165) is 10.0 Å². The molecule has 1 fully saturated rings. The molecular formula is C22H23BrFNO5. The Morgan fingerprint density at radius 3 is 2.53 bits per heavy atom. The van der Waals surface area contributed by atoms with Crippen molar-refractivity contribution in [3.8, 4) is 5.75 Å². The first-order valence-corrected chi connectivity index (χ1v) is 10.3. The van der Waals surface area contributed by atoms with Gasteiger partial charge in [-0.25, -0.2) is 9.18 Å². The van der Waals surface area contributed by atoms with E-state index < -0.39 is 30.3 Å². The van der Waals surface area contributed by atoms with Crippen molar-refractivity contribution >= 4 is 27.8 Å². The Hall–Kier alpha value is -2.45. The van der Waals surface area contributed by atoms with Crippen molar-refractivity contribution in [2.24, 2.45) is 0 Å². The largest absolute Gasteiger partial charge is 0.482 e. The summed E-state index contributed by atoms with van der Waals surface area (Å²) in [5.41, 5.74) is 0.884. The van der Waals surface area contributed by atoms with Gasteiger partial charge in [0.15, 0.2) is 6.61 Å². The zero-order valence-corrected chi connectivity index (χ0v) is 18.2. The number of carboxylic acids is 1. The molecule has 1 saturated heterocycles. The normalized spacial score (nSPS) is 23.6. The molecule has 1 aliphatic rings. The molecule has 1 aliphatic heterocycles. The lowest BCUT2D eigenvalue weighted by Gasteiger charge is -2.43. The smallest absolute Gasteiger partial charge is 0.341 e. The first kappa shape index (κ1) is 22.2. The number of carbonyl (C=O) groups excluding carboxylic acids is 1. The second-order valence-electron chi connectivity index (χ2n) is 7.68. The maximum Gasteiger partial charge on any atom is 0.341 e. The molecule has 3 rings (SSSR count). The van der Waals surface area contributed by atoms with E-state index in [2.05, 4.69) is 21.2 Å². The summed E-state index contributed by atoms with van der Waals surface area (Å²) >= 11 is 3.44. The highest BCUT2D eigenvalue weighted by Gasteiger charge is 2.40. The number of carbonyl (C=O) groups is 2. The Morgan fingerprint density at radius 2 is 1.90 bits per heavy atom. The topological polar surface area (TPSA) is 84.9 Å². The number of carboxylic acid groups (broad SMARTS) is 1. The van der Waals surface area contributed by atoms with Gasteiger partial charge in [-0.15, -0.1) is 0 Å². The Balaban J connectivity index is 1.98. The van der Waals surface area contributed by atoms with Gasteiger partial charge in [0, 0.05) is 35.3 Å². The van der Waals surface area contributed by atoms with Crippen molar-refractivity contribution in [2.75, 3.05) is 6.61 Å².